The molecule has 1 aromatic heterocycles. The molecule has 4 heteroatoms. The zero-order valence-corrected chi connectivity index (χ0v) is 8.67. The molecular weight excluding hydrogens is 198 g/mol. The van der Waals surface area contributed by atoms with Gasteiger partial charge in [-0.2, -0.15) is 0 Å². The summed E-state index contributed by atoms with van der Waals surface area (Å²) in [7, 11) is 1.65. The molecule has 0 spiro atoms. The average molecular weight is 209 g/mol. The van der Waals surface area contributed by atoms with Gasteiger partial charge in [0.25, 0.3) is 0 Å². The van der Waals surface area contributed by atoms with Gasteiger partial charge in [0.15, 0.2) is 0 Å². The van der Waals surface area contributed by atoms with Crippen molar-refractivity contribution in [2.75, 3.05) is 13.7 Å². The number of hydrogen-bond acceptors (Lipinski definition) is 4. The van der Waals surface area contributed by atoms with E-state index >= 15 is 0 Å². The van der Waals surface area contributed by atoms with Crippen molar-refractivity contribution in [2.24, 2.45) is 0 Å². The van der Waals surface area contributed by atoms with Gasteiger partial charge in [0.05, 0.1) is 22.3 Å². The van der Waals surface area contributed by atoms with Gasteiger partial charge in [-0.15, -0.1) is 11.3 Å². The lowest BCUT2D eigenvalue weighted by Crippen LogP contribution is -1.87. The van der Waals surface area contributed by atoms with Gasteiger partial charge >= 0.3 is 0 Å². The lowest BCUT2D eigenvalue weighted by atomic mass is 10.3. The zero-order valence-electron chi connectivity index (χ0n) is 7.86. The molecule has 0 amide bonds. The predicted molar refractivity (Wildman–Crippen MR) is 57.0 cm³/mol. The summed E-state index contributed by atoms with van der Waals surface area (Å²) in [5, 5.41) is 9.76. The molecule has 0 aliphatic rings. The second-order valence-corrected chi connectivity index (χ2v) is 4.03. The SMILES string of the molecule is COc1ccc2nc(CCO)sc2c1. The van der Waals surface area contributed by atoms with Crippen LogP contribution in [-0.4, -0.2) is 23.8 Å². The maximum atomic E-state index is 8.79. The minimum Gasteiger partial charge on any atom is -0.497 e. The summed E-state index contributed by atoms with van der Waals surface area (Å²) in [4.78, 5) is 4.38. The Morgan fingerprint density at radius 2 is 2.36 bits per heavy atom. The summed E-state index contributed by atoms with van der Waals surface area (Å²) in [6.07, 6.45) is 0.627. The van der Waals surface area contributed by atoms with Crippen LogP contribution < -0.4 is 4.74 Å². The highest BCUT2D eigenvalue weighted by Gasteiger charge is 2.03. The number of benzene rings is 1. The highest BCUT2D eigenvalue weighted by molar-refractivity contribution is 7.18. The van der Waals surface area contributed by atoms with Crippen molar-refractivity contribution < 1.29 is 9.84 Å². The van der Waals surface area contributed by atoms with Crippen LogP contribution in [0.15, 0.2) is 18.2 Å². The molecule has 0 unspecified atom stereocenters. The molecule has 1 N–H and O–H groups in total. The number of fused-ring (bicyclic) bond motifs is 1. The number of aromatic nitrogens is 1. The molecule has 2 aromatic rings. The summed E-state index contributed by atoms with van der Waals surface area (Å²) in [6.45, 7) is 0.150. The zero-order chi connectivity index (χ0) is 9.97. The molecule has 0 atom stereocenters. The average Bonchev–Trinajstić information content (AvgIpc) is 2.59. The van der Waals surface area contributed by atoms with Crippen LogP contribution in [0, 0.1) is 0 Å². The molecule has 3 nitrogen and oxygen atoms in total. The number of hydrogen-bond donors (Lipinski definition) is 1. The van der Waals surface area contributed by atoms with E-state index in [0.29, 0.717) is 6.42 Å². The van der Waals surface area contributed by atoms with E-state index < -0.39 is 0 Å². The van der Waals surface area contributed by atoms with E-state index in [4.69, 9.17) is 9.84 Å². The molecule has 0 aliphatic carbocycles. The number of thiazole rings is 1. The highest BCUT2D eigenvalue weighted by Crippen LogP contribution is 2.26. The fourth-order valence-corrected chi connectivity index (χ4v) is 2.27. The van der Waals surface area contributed by atoms with Crippen molar-refractivity contribution in [1.29, 1.82) is 0 Å². The largest absolute Gasteiger partial charge is 0.497 e. The maximum Gasteiger partial charge on any atom is 0.120 e. The molecule has 14 heavy (non-hydrogen) atoms. The Hall–Kier alpha value is -1.13. The Morgan fingerprint density at radius 1 is 1.50 bits per heavy atom. The van der Waals surface area contributed by atoms with Crippen LogP contribution in [0.2, 0.25) is 0 Å². The molecule has 74 valence electrons. The molecule has 0 fully saturated rings. The van der Waals surface area contributed by atoms with Gasteiger partial charge in [-0.25, -0.2) is 4.98 Å². The third-order valence-corrected chi connectivity index (χ3v) is 3.04. The van der Waals surface area contributed by atoms with Gasteiger partial charge in [0.2, 0.25) is 0 Å². The molecule has 0 aliphatic heterocycles. The number of aliphatic hydroxyl groups excluding tert-OH is 1. The van der Waals surface area contributed by atoms with E-state index in [1.807, 2.05) is 18.2 Å². The highest BCUT2D eigenvalue weighted by atomic mass is 32.1. The van der Waals surface area contributed by atoms with Crippen molar-refractivity contribution in [2.45, 2.75) is 6.42 Å². The van der Waals surface area contributed by atoms with E-state index in [1.165, 1.54) is 0 Å². The van der Waals surface area contributed by atoms with E-state index in [9.17, 15) is 0 Å². The topological polar surface area (TPSA) is 42.4 Å². The summed E-state index contributed by atoms with van der Waals surface area (Å²) in [6, 6.07) is 5.80. The van der Waals surface area contributed by atoms with Crippen molar-refractivity contribution in [3.63, 3.8) is 0 Å². The van der Waals surface area contributed by atoms with Gasteiger partial charge in [-0.3, -0.25) is 0 Å². The van der Waals surface area contributed by atoms with E-state index in [-0.39, 0.29) is 6.61 Å². The van der Waals surface area contributed by atoms with Gasteiger partial charge in [-0.1, -0.05) is 0 Å². The van der Waals surface area contributed by atoms with E-state index in [2.05, 4.69) is 4.98 Å². The first-order chi connectivity index (χ1) is 6.83. The molecule has 0 radical (unpaired) electrons. The number of aliphatic hydroxyl groups is 1. The Balaban J connectivity index is 2.43. The van der Waals surface area contributed by atoms with Crippen molar-refractivity contribution in [1.82, 2.24) is 4.98 Å². The van der Waals surface area contributed by atoms with Crippen LogP contribution in [-0.2, 0) is 6.42 Å². The first-order valence-corrected chi connectivity index (χ1v) is 5.19. The Kier molecular flexibility index (Phi) is 2.65. The number of ether oxygens (including phenoxy) is 1. The summed E-state index contributed by atoms with van der Waals surface area (Å²) in [5.41, 5.74) is 0.972. The molecular formula is C10H11NO2S. The Labute approximate surface area is 86.0 Å². The lowest BCUT2D eigenvalue weighted by molar-refractivity contribution is 0.299. The Bertz CT molecular complexity index is 439. The molecule has 0 bridgehead atoms. The minimum absolute atomic E-state index is 0.150. The van der Waals surface area contributed by atoms with Crippen LogP contribution in [0.1, 0.15) is 5.01 Å². The molecule has 2 rings (SSSR count). The monoisotopic (exact) mass is 209 g/mol. The van der Waals surface area contributed by atoms with Crippen molar-refractivity contribution in [3.05, 3.63) is 23.2 Å². The first kappa shape index (κ1) is 9.43. The molecule has 0 saturated heterocycles. The molecule has 0 saturated carbocycles. The fraction of sp³-hybridized carbons (Fsp3) is 0.300. The van der Waals surface area contributed by atoms with Crippen LogP contribution in [0.3, 0.4) is 0 Å². The standard InChI is InChI=1S/C10H11NO2S/c1-13-7-2-3-8-9(6-7)14-10(11-8)4-5-12/h2-3,6,12H,4-5H2,1H3. The van der Waals surface area contributed by atoms with Crippen LogP contribution in [0.5, 0.6) is 5.75 Å². The second-order valence-electron chi connectivity index (χ2n) is 2.91. The minimum atomic E-state index is 0.150. The van der Waals surface area contributed by atoms with Gasteiger partial charge in [-0.05, 0) is 18.2 Å². The van der Waals surface area contributed by atoms with Gasteiger partial charge < -0.3 is 9.84 Å². The first-order valence-electron chi connectivity index (χ1n) is 4.38. The smallest absolute Gasteiger partial charge is 0.120 e. The third-order valence-electron chi connectivity index (χ3n) is 1.97. The lowest BCUT2D eigenvalue weighted by Gasteiger charge is -1.96. The van der Waals surface area contributed by atoms with Gasteiger partial charge in [0.1, 0.15) is 5.75 Å². The number of rotatable bonds is 3. The van der Waals surface area contributed by atoms with Gasteiger partial charge in [0, 0.05) is 13.0 Å². The summed E-state index contributed by atoms with van der Waals surface area (Å²) >= 11 is 1.60. The predicted octanol–water partition coefficient (Wildman–Crippen LogP) is 1.84. The number of nitrogens with zero attached hydrogens (tertiary/aromatic N) is 1. The number of methoxy groups -OCH3 is 1. The van der Waals surface area contributed by atoms with Crippen LogP contribution in [0.25, 0.3) is 10.2 Å². The van der Waals surface area contributed by atoms with Crippen LogP contribution >= 0.6 is 11.3 Å². The second kappa shape index (κ2) is 3.94. The quantitative estimate of drug-likeness (QED) is 0.838. The normalized spacial score (nSPS) is 10.7. The van der Waals surface area contributed by atoms with Crippen LogP contribution in [0.4, 0.5) is 0 Å². The summed E-state index contributed by atoms with van der Waals surface area (Å²) in [5.74, 6) is 0.844. The summed E-state index contributed by atoms with van der Waals surface area (Å²) < 4.78 is 6.23. The Morgan fingerprint density at radius 3 is 3.07 bits per heavy atom. The maximum absolute atomic E-state index is 8.79. The van der Waals surface area contributed by atoms with E-state index in [0.717, 1.165) is 21.0 Å². The van der Waals surface area contributed by atoms with Crippen molar-refractivity contribution in [3.8, 4) is 5.75 Å². The fourth-order valence-electron chi connectivity index (χ4n) is 1.28. The van der Waals surface area contributed by atoms with Crippen molar-refractivity contribution >= 4 is 21.6 Å². The van der Waals surface area contributed by atoms with E-state index in [1.54, 1.807) is 18.4 Å². The molecule has 1 aromatic carbocycles. The third kappa shape index (κ3) is 1.71. The molecule has 1 heterocycles.